The summed E-state index contributed by atoms with van der Waals surface area (Å²) in [5.41, 5.74) is 0. The Morgan fingerprint density at radius 3 is 2.59 bits per heavy atom. The van der Waals surface area contributed by atoms with E-state index in [4.69, 9.17) is 4.74 Å². The van der Waals surface area contributed by atoms with Gasteiger partial charge in [-0.2, -0.15) is 0 Å². The summed E-state index contributed by atoms with van der Waals surface area (Å²) >= 11 is 0. The van der Waals surface area contributed by atoms with Crippen molar-refractivity contribution in [2.75, 3.05) is 38.2 Å². The van der Waals surface area contributed by atoms with Gasteiger partial charge in [0.05, 0.1) is 12.0 Å². The Hall–Kier alpha value is -1.69. The minimum atomic E-state index is 0.0663. The van der Waals surface area contributed by atoms with Crippen LogP contribution >= 0.6 is 0 Å². The predicted molar refractivity (Wildman–Crippen MR) is 83.6 cm³/mol. The number of ether oxygens (including phenoxy) is 1. The van der Waals surface area contributed by atoms with E-state index in [0.29, 0.717) is 6.10 Å². The van der Waals surface area contributed by atoms with Crippen molar-refractivity contribution in [1.29, 1.82) is 0 Å². The van der Waals surface area contributed by atoms with Crippen LogP contribution in [0.4, 0.5) is 5.95 Å². The Morgan fingerprint density at radius 1 is 1.18 bits per heavy atom. The largest absolute Gasteiger partial charge is 0.381 e. The third-order valence-electron chi connectivity index (χ3n) is 4.69. The first-order valence-electron chi connectivity index (χ1n) is 8.11. The molecule has 1 atom stereocenters. The molecule has 0 radical (unpaired) electrons. The molecule has 1 aromatic heterocycles. The number of carbonyl (C=O) groups is 1. The standard InChI is InChI=1S/C16H24N4O2/c1-22-14-5-10-19(11-6-14)15(21)13-4-2-9-20(12-13)16-17-7-3-8-18-16/h3,7-8,13-14H,2,4-6,9-12H2,1H3/t13-/m1/s1. The number of aromatic nitrogens is 2. The maximum absolute atomic E-state index is 12.7. The molecule has 0 saturated carbocycles. The van der Waals surface area contributed by atoms with Crippen LogP contribution in [0.25, 0.3) is 0 Å². The molecule has 2 fully saturated rings. The van der Waals surface area contributed by atoms with Crippen LogP contribution in [0.5, 0.6) is 0 Å². The van der Waals surface area contributed by atoms with Crippen LogP contribution in [-0.2, 0) is 9.53 Å². The fraction of sp³-hybridized carbons (Fsp3) is 0.688. The molecular weight excluding hydrogens is 280 g/mol. The quantitative estimate of drug-likeness (QED) is 0.843. The van der Waals surface area contributed by atoms with E-state index >= 15 is 0 Å². The van der Waals surface area contributed by atoms with Crippen LogP contribution in [0.15, 0.2) is 18.5 Å². The summed E-state index contributed by atoms with van der Waals surface area (Å²) in [5, 5.41) is 0. The summed E-state index contributed by atoms with van der Waals surface area (Å²) in [4.78, 5) is 25.5. The van der Waals surface area contributed by atoms with E-state index in [1.54, 1.807) is 19.5 Å². The van der Waals surface area contributed by atoms with Gasteiger partial charge < -0.3 is 14.5 Å². The normalized spacial score (nSPS) is 23.6. The molecule has 3 rings (SSSR count). The van der Waals surface area contributed by atoms with Gasteiger partial charge in [0.1, 0.15) is 0 Å². The molecule has 2 saturated heterocycles. The van der Waals surface area contributed by atoms with Crippen molar-refractivity contribution in [2.24, 2.45) is 5.92 Å². The zero-order chi connectivity index (χ0) is 15.4. The first-order chi connectivity index (χ1) is 10.8. The van der Waals surface area contributed by atoms with Crippen molar-refractivity contribution in [3.05, 3.63) is 18.5 Å². The van der Waals surface area contributed by atoms with Crippen LogP contribution < -0.4 is 4.90 Å². The smallest absolute Gasteiger partial charge is 0.227 e. The molecule has 6 heteroatoms. The maximum atomic E-state index is 12.7. The van der Waals surface area contributed by atoms with E-state index in [2.05, 4.69) is 14.9 Å². The van der Waals surface area contributed by atoms with E-state index in [1.165, 1.54) is 0 Å². The minimum absolute atomic E-state index is 0.0663. The second kappa shape index (κ2) is 7.05. The van der Waals surface area contributed by atoms with Gasteiger partial charge in [0, 0.05) is 45.7 Å². The highest BCUT2D eigenvalue weighted by Gasteiger charge is 2.32. The topological polar surface area (TPSA) is 58.6 Å². The Morgan fingerprint density at radius 2 is 1.91 bits per heavy atom. The molecule has 2 aliphatic rings. The van der Waals surface area contributed by atoms with Gasteiger partial charge in [-0.25, -0.2) is 9.97 Å². The SMILES string of the molecule is COC1CCN(C(=O)[C@@H]2CCCN(c3ncccn3)C2)CC1. The molecule has 2 aliphatic heterocycles. The van der Waals surface area contributed by atoms with Crippen LogP contribution in [0.2, 0.25) is 0 Å². The molecule has 0 spiro atoms. The van der Waals surface area contributed by atoms with Crippen molar-refractivity contribution in [3.63, 3.8) is 0 Å². The molecule has 0 aromatic carbocycles. The second-order valence-electron chi connectivity index (χ2n) is 6.09. The highest BCUT2D eigenvalue weighted by molar-refractivity contribution is 5.79. The van der Waals surface area contributed by atoms with E-state index in [0.717, 1.165) is 57.8 Å². The van der Waals surface area contributed by atoms with Gasteiger partial charge in [0.2, 0.25) is 11.9 Å². The van der Waals surface area contributed by atoms with Gasteiger partial charge in [-0.05, 0) is 31.7 Å². The molecule has 22 heavy (non-hydrogen) atoms. The van der Waals surface area contributed by atoms with Gasteiger partial charge in [0.15, 0.2) is 0 Å². The number of methoxy groups -OCH3 is 1. The Bertz CT molecular complexity index is 488. The van der Waals surface area contributed by atoms with Crippen molar-refractivity contribution >= 4 is 11.9 Å². The number of carbonyl (C=O) groups excluding carboxylic acids is 1. The summed E-state index contributed by atoms with van der Waals surface area (Å²) in [7, 11) is 1.75. The van der Waals surface area contributed by atoms with Crippen molar-refractivity contribution in [3.8, 4) is 0 Å². The third-order valence-corrected chi connectivity index (χ3v) is 4.69. The lowest BCUT2D eigenvalue weighted by Crippen LogP contribution is -2.48. The molecule has 0 unspecified atom stereocenters. The molecule has 1 amide bonds. The summed E-state index contributed by atoms with van der Waals surface area (Å²) in [6, 6.07) is 1.82. The van der Waals surface area contributed by atoms with Gasteiger partial charge in [0.25, 0.3) is 0 Å². The molecule has 1 aromatic rings. The number of piperidine rings is 2. The number of nitrogens with zero attached hydrogens (tertiary/aromatic N) is 4. The zero-order valence-corrected chi connectivity index (χ0v) is 13.1. The minimum Gasteiger partial charge on any atom is -0.381 e. The lowest BCUT2D eigenvalue weighted by molar-refractivity contribution is -0.138. The number of amides is 1. The fourth-order valence-corrected chi connectivity index (χ4v) is 3.38. The van der Waals surface area contributed by atoms with Crippen molar-refractivity contribution in [1.82, 2.24) is 14.9 Å². The van der Waals surface area contributed by atoms with E-state index < -0.39 is 0 Å². The first kappa shape index (κ1) is 15.2. The second-order valence-corrected chi connectivity index (χ2v) is 6.09. The summed E-state index contributed by atoms with van der Waals surface area (Å²) in [5.74, 6) is 1.09. The Kier molecular flexibility index (Phi) is 4.87. The maximum Gasteiger partial charge on any atom is 0.227 e. The Balaban J connectivity index is 1.59. The summed E-state index contributed by atoms with van der Waals surface area (Å²) in [6.07, 6.45) is 7.69. The van der Waals surface area contributed by atoms with Crippen molar-refractivity contribution in [2.45, 2.75) is 31.8 Å². The first-order valence-corrected chi connectivity index (χ1v) is 8.11. The van der Waals surface area contributed by atoms with Crippen LogP contribution in [-0.4, -0.2) is 60.2 Å². The lowest BCUT2D eigenvalue weighted by atomic mass is 9.95. The van der Waals surface area contributed by atoms with Gasteiger partial charge in [-0.15, -0.1) is 0 Å². The zero-order valence-electron chi connectivity index (χ0n) is 13.1. The van der Waals surface area contributed by atoms with Crippen LogP contribution in [0.3, 0.4) is 0 Å². The average Bonchev–Trinajstić information content (AvgIpc) is 2.62. The molecule has 6 nitrogen and oxygen atoms in total. The number of anilines is 1. The molecule has 0 N–H and O–H groups in total. The number of hydrogen-bond donors (Lipinski definition) is 0. The van der Waals surface area contributed by atoms with Crippen molar-refractivity contribution < 1.29 is 9.53 Å². The molecule has 0 bridgehead atoms. The average molecular weight is 304 g/mol. The van der Waals surface area contributed by atoms with Crippen LogP contribution in [0, 0.1) is 5.92 Å². The summed E-state index contributed by atoms with van der Waals surface area (Å²) in [6.45, 7) is 3.29. The summed E-state index contributed by atoms with van der Waals surface area (Å²) < 4.78 is 5.38. The predicted octanol–water partition coefficient (Wildman–Crippen LogP) is 1.33. The number of hydrogen-bond acceptors (Lipinski definition) is 5. The third kappa shape index (κ3) is 3.38. The molecule has 3 heterocycles. The fourth-order valence-electron chi connectivity index (χ4n) is 3.38. The van der Waals surface area contributed by atoms with Gasteiger partial charge >= 0.3 is 0 Å². The van der Waals surface area contributed by atoms with E-state index in [-0.39, 0.29) is 11.8 Å². The highest BCUT2D eigenvalue weighted by atomic mass is 16.5. The molecule has 0 aliphatic carbocycles. The van der Waals surface area contributed by atoms with Gasteiger partial charge in [-0.1, -0.05) is 0 Å². The number of rotatable bonds is 3. The monoisotopic (exact) mass is 304 g/mol. The van der Waals surface area contributed by atoms with E-state index in [9.17, 15) is 4.79 Å². The highest BCUT2D eigenvalue weighted by Crippen LogP contribution is 2.23. The lowest BCUT2D eigenvalue weighted by Gasteiger charge is -2.37. The van der Waals surface area contributed by atoms with Crippen LogP contribution in [0.1, 0.15) is 25.7 Å². The van der Waals surface area contributed by atoms with Gasteiger partial charge in [-0.3, -0.25) is 4.79 Å². The molecule has 120 valence electrons. The molecular formula is C16H24N4O2. The number of likely N-dealkylation sites (tertiary alicyclic amines) is 1. The van der Waals surface area contributed by atoms with E-state index in [1.807, 2.05) is 11.0 Å². The Labute approximate surface area is 131 Å².